The Kier molecular flexibility index (Phi) is 3.60. The summed E-state index contributed by atoms with van der Waals surface area (Å²) in [5.74, 6) is -0.783. The molecule has 3 aliphatic rings. The number of ketones is 1. The predicted octanol–water partition coefficient (Wildman–Crippen LogP) is 4.17. The fraction of sp³-hybridized carbons (Fsp3) is 0.318. The summed E-state index contributed by atoms with van der Waals surface area (Å²) >= 11 is 0. The average Bonchev–Trinajstić information content (AvgIpc) is 3.25. The number of rotatable bonds is 2. The molecule has 5 rings (SSSR count). The van der Waals surface area contributed by atoms with E-state index < -0.39 is 11.4 Å². The highest BCUT2D eigenvalue weighted by molar-refractivity contribution is 5.81. The van der Waals surface area contributed by atoms with Gasteiger partial charge in [0.05, 0.1) is 6.42 Å². The van der Waals surface area contributed by atoms with Crippen LogP contribution in [0.5, 0.6) is 0 Å². The number of hydrogen-bond donors (Lipinski definition) is 0. The molecule has 0 aromatic heterocycles. The lowest BCUT2D eigenvalue weighted by molar-refractivity contribution is -0.523. The Morgan fingerprint density at radius 3 is 2.31 bits per heavy atom. The quantitative estimate of drug-likeness (QED) is 0.764. The molecule has 26 heavy (non-hydrogen) atoms. The molecule has 3 atom stereocenters. The molecule has 1 saturated carbocycles. The van der Waals surface area contributed by atoms with E-state index >= 15 is 0 Å². The van der Waals surface area contributed by atoms with E-state index in [2.05, 4.69) is 18.2 Å². The zero-order valence-electron chi connectivity index (χ0n) is 14.4. The van der Waals surface area contributed by atoms with Crippen molar-refractivity contribution in [1.29, 1.82) is 0 Å². The molecule has 1 heterocycles. The molecule has 0 amide bonds. The van der Waals surface area contributed by atoms with Gasteiger partial charge in [0.1, 0.15) is 11.9 Å². The van der Waals surface area contributed by atoms with E-state index in [0.717, 1.165) is 11.1 Å². The number of hydrogen-bond acceptors (Lipinski definition) is 4. The summed E-state index contributed by atoms with van der Waals surface area (Å²) in [6, 6.07) is 20.3. The van der Waals surface area contributed by atoms with E-state index in [0.29, 0.717) is 19.3 Å². The summed E-state index contributed by atoms with van der Waals surface area (Å²) < 4.78 is 6.39. The lowest BCUT2D eigenvalue weighted by Gasteiger charge is -2.45. The van der Waals surface area contributed by atoms with Gasteiger partial charge in [0, 0.05) is 19.3 Å². The van der Waals surface area contributed by atoms with Gasteiger partial charge in [-0.2, -0.15) is 4.89 Å². The zero-order valence-corrected chi connectivity index (χ0v) is 14.4. The Hall–Kier alpha value is -2.27. The van der Waals surface area contributed by atoms with Crippen molar-refractivity contribution in [2.45, 2.75) is 43.2 Å². The number of fused-ring (bicyclic) bond motifs is 1. The molecule has 1 saturated heterocycles. The van der Waals surface area contributed by atoms with E-state index in [9.17, 15) is 4.79 Å². The van der Waals surface area contributed by atoms with Gasteiger partial charge < -0.3 is 4.74 Å². The maximum atomic E-state index is 11.8. The van der Waals surface area contributed by atoms with Gasteiger partial charge in [0.25, 0.3) is 0 Å². The molecule has 0 bridgehead atoms. The highest BCUT2D eigenvalue weighted by atomic mass is 17.2. The minimum absolute atomic E-state index is 0.158. The van der Waals surface area contributed by atoms with Crippen LogP contribution in [0.3, 0.4) is 0 Å². The third-order valence-corrected chi connectivity index (χ3v) is 5.61. The average molecular weight is 348 g/mol. The monoisotopic (exact) mass is 348 g/mol. The summed E-state index contributed by atoms with van der Waals surface area (Å²) in [5.41, 5.74) is 2.63. The van der Waals surface area contributed by atoms with Crippen LogP contribution < -0.4 is 0 Å². The van der Waals surface area contributed by atoms with Crippen LogP contribution in [0.4, 0.5) is 0 Å². The van der Waals surface area contributed by atoms with Gasteiger partial charge in [-0.1, -0.05) is 60.7 Å². The van der Waals surface area contributed by atoms with Crippen LogP contribution in [-0.4, -0.2) is 17.7 Å². The van der Waals surface area contributed by atoms with Crippen LogP contribution in [0.25, 0.3) is 5.57 Å². The van der Waals surface area contributed by atoms with E-state index in [1.165, 1.54) is 5.57 Å². The van der Waals surface area contributed by atoms with Crippen molar-refractivity contribution in [3.05, 3.63) is 77.9 Å². The molecular formula is C22H20O4. The molecule has 2 aromatic rings. The largest absolute Gasteiger partial charge is 0.336 e. The summed E-state index contributed by atoms with van der Waals surface area (Å²) in [6.07, 6.45) is 3.78. The van der Waals surface area contributed by atoms with Crippen molar-refractivity contribution in [2.75, 3.05) is 0 Å². The van der Waals surface area contributed by atoms with Crippen LogP contribution >= 0.6 is 0 Å². The maximum Gasteiger partial charge on any atom is 0.209 e. The van der Waals surface area contributed by atoms with Gasteiger partial charge in [-0.3, -0.25) is 4.79 Å². The van der Waals surface area contributed by atoms with Gasteiger partial charge in [-0.25, -0.2) is 4.89 Å². The van der Waals surface area contributed by atoms with Crippen LogP contribution in [0.2, 0.25) is 0 Å². The van der Waals surface area contributed by atoms with E-state index in [4.69, 9.17) is 14.5 Å². The lowest BCUT2D eigenvalue weighted by Crippen LogP contribution is -2.53. The summed E-state index contributed by atoms with van der Waals surface area (Å²) in [4.78, 5) is 23.7. The van der Waals surface area contributed by atoms with Gasteiger partial charge in [0.2, 0.25) is 5.79 Å². The van der Waals surface area contributed by atoms with Crippen LogP contribution in [0.1, 0.15) is 36.8 Å². The van der Waals surface area contributed by atoms with E-state index in [-0.39, 0.29) is 18.3 Å². The van der Waals surface area contributed by atoms with Crippen molar-refractivity contribution in [1.82, 2.24) is 0 Å². The Bertz CT molecular complexity index is 860. The van der Waals surface area contributed by atoms with Crippen molar-refractivity contribution in [3.8, 4) is 0 Å². The molecule has 1 aliphatic heterocycles. The maximum absolute atomic E-state index is 11.8. The molecule has 2 aromatic carbocycles. The van der Waals surface area contributed by atoms with Crippen molar-refractivity contribution in [3.63, 3.8) is 0 Å². The van der Waals surface area contributed by atoms with E-state index in [1.807, 2.05) is 48.5 Å². The summed E-state index contributed by atoms with van der Waals surface area (Å²) in [5, 5.41) is 0. The van der Waals surface area contributed by atoms with E-state index in [1.54, 1.807) is 0 Å². The van der Waals surface area contributed by atoms with Crippen molar-refractivity contribution < 1.29 is 19.3 Å². The van der Waals surface area contributed by atoms with Crippen molar-refractivity contribution in [2.24, 2.45) is 0 Å². The fourth-order valence-corrected chi connectivity index (χ4v) is 4.23. The second kappa shape index (κ2) is 5.88. The van der Waals surface area contributed by atoms with Crippen LogP contribution in [0.15, 0.2) is 66.7 Å². The zero-order chi connectivity index (χ0) is 17.6. The second-order valence-corrected chi connectivity index (χ2v) is 7.32. The first kappa shape index (κ1) is 15.9. The topological polar surface area (TPSA) is 44.8 Å². The highest BCUT2D eigenvalue weighted by Crippen LogP contribution is 2.53. The second-order valence-electron chi connectivity index (χ2n) is 7.32. The Morgan fingerprint density at radius 1 is 0.885 bits per heavy atom. The molecule has 2 aliphatic carbocycles. The molecular weight excluding hydrogens is 328 g/mol. The molecule has 0 N–H and O–H groups in total. The number of carbonyl (C=O) groups excluding carboxylic acids is 1. The molecule has 1 spiro atoms. The smallest absolute Gasteiger partial charge is 0.209 e. The van der Waals surface area contributed by atoms with Gasteiger partial charge in [0.15, 0.2) is 5.60 Å². The number of Topliss-reactive ketones (excluding diaryl/α,β-unsaturated/α-hetero) is 1. The van der Waals surface area contributed by atoms with Gasteiger partial charge >= 0.3 is 0 Å². The minimum Gasteiger partial charge on any atom is -0.336 e. The first-order valence-corrected chi connectivity index (χ1v) is 9.07. The summed E-state index contributed by atoms with van der Waals surface area (Å²) in [7, 11) is 0. The number of carbonyl (C=O) groups is 1. The number of benzene rings is 2. The molecule has 1 unspecified atom stereocenters. The molecule has 2 fully saturated rings. The molecule has 0 radical (unpaired) electrons. The first-order valence-electron chi connectivity index (χ1n) is 9.07. The highest BCUT2D eigenvalue weighted by Gasteiger charge is 2.58. The van der Waals surface area contributed by atoms with Gasteiger partial charge in [-0.15, -0.1) is 0 Å². The Labute approximate surface area is 152 Å². The minimum atomic E-state index is -0.942. The predicted molar refractivity (Wildman–Crippen MR) is 95.8 cm³/mol. The normalized spacial score (nSPS) is 33.3. The Morgan fingerprint density at radius 2 is 1.62 bits per heavy atom. The molecule has 132 valence electrons. The van der Waals surface area contributed by atoms with Crippen LogP contribution in [0, 0.1) is 0 Å². The third kappa shape index (κ3) is 2.45. The van der Waals surface area contributed by atoms with Crippen molar-refractivity contribution >= 4 is 11.4 Å². The SMILES string of the molecule is O=C1CCC2(C1)OO[C@]1(c3ccccc3)CC(c3ccccc3)=C[C@@H]1O2. The fourth-order valence-electron chi connectivity index (χ4n) is 4.23. The first-order chi connectivity index (χ1) is 12.7. The van der Waals surface area contributed by atoms with Crippen LogP contribution in [-0.2, 0) is 24.9 Å². The lowest BCUT2D eigenvalue weighted by atomic mass is 9.87. The standard InChI is InChI=1S/C22H20O4/c23-19-11-12-21(15-19)24-20-13-17(16-7-3-1-4-8-16)14-22(20,26-25-21)18-9-5-2-6-10-18/h1-10,13,20H,11-12,14-15H2/t20-,21?,22-/m0/s1. The molecule has 4 heteroatoms. The summed E-state index contributed by atoms with van der Waals surface area (Å²) in [6.45, 7) is 0. The van der Waals surface area contributed by atoms with Gasteiger partial charge in [-0.05, 0) is 22.8 Å². The Balaban J connectivity index is 1.55. The number of ether oxygens (including phenoxy) is 1. The molecule has 4 nitrogen and oxygen atoms in total. The third-order valence-electron chi connectivity index (χ3n) is 5.61.